The Hall–Kier alpha value is -4.63. The Morgan fingerprint density at radius 2 is 0.561 bits per heavy atom. The number of alkyl halides is 1. The third-order valence-electron chi connectivity index (χ3n) is 16.8. The molecule has 0 spiro atoms. The van der Waals surface area contributed by atoms with E-state index in [0.29, 0.717) is 26.4 Å². The van der Waals surface area contributed by atoms with Gasteiger partial charge in [0.2, 0.25) is 0 Å². The largest absolute Gasteiger partial charge is 0.504 e. The van der Waals surface area contributed by atoms with Crippen molar-refractivity contribution in [3.63, 3.8) is 0 Å². The van der Waals surface area contributed by atoms with E-state index in [0.717, 1.165) is 124 Å². The summed E-state index contributed by atoms with van der Waals surface area (Å²) in [7, 11) is 0. The van der Waals surface area contributed by atoms with Crippen LogP contribution in [0.15, 0.2) is 72.8 Å². The molecule has 4 N–H and O–H groups in total. The molecule has 9 rings (SSSR count). The van der Waals surface area contributed by atoms with Crippen LogP contribution in [-0.4, -0.2) is 175 Å². The predicted octanol–water partition coefficient (Wildman–Crippen LogP) is 13.1. The molecule has 5 heterocycles. The molecule has 0 aromatic heterocycles. The number of aromatic hydroxyl groups is 4. The van der Waals surface area contributed by atoms with Gasteiger partial charge in [0.25, 0.3) is 0 Å². The molecule has 0 amide bonds. The molecule has 0 aliphatic carbocycles. The van der Waals surface area contributed by atoms with Crippen molar-refractivity contribution in [2.24, 2.45) is 0 Å². The van der Waals surface area contributed by atoms with Gasteiger partial charge in [-0.1, -0.05) is 63.8 Å². The van der Waals surface area contributed by atoms with E-state index in [1.165, 1.54) is 185 Å². The van der Waals surface area contributed by atoms with Crippen LogP contribution in [0.25, 0.3) is 0 Å². The quantitative estimate of drug-likeness (QED) is 0.0244. The zero-order chi connectivity index (χ0) is 56.5. The van der Waals surface area contributed by atoms with Crippen molar-refractivity contribution in [2.45, 2.75) is 155 Å². The standard InChI is InChI=1S/C44H70N4O4.C16H18O4.C7H14ClN.CH4/c1-7-21-45(22-8-1)29-33-49-41-19-17-39(37-43(41)51-35-31-47-25-11-3-12-26-47)15-5-6-16-40-18-20-42(50-34-30-46-23-9-2-10-24-46)44(38-40)52-36-32-48-27-13-4-14-28-48;17-13-7-5-11(9-15(13)19)3-1-2-4-12-6-8-14(18)16(20)10-12;8-4-7-9-5-2-1-3-6-9;/h17-20,37-38H,1-16,21-36H2;5-10,17-20H,1-4H2;1-7H2;1H4. The molecule has 0 atom stereocenters. The molecule has 0 saturated carbocycles. The Balaban J connectivity index is 0.000000294. The fourth-order valence-corrected chi connectivity index (χ4v) is 12.1. The maximum absolute atomic E-state index is 9.39. The number of phenolic OH excluding ortho intramolecular Hbond substituents is 4. The number of likely N-dealkylation sites (tertiary alicyclic amines) is 5. The average Bonchev–Trinajstić information content (AvgIpc) is 3.50. The summed E-state index contributed by atoms with van der Waals surface area (Å²) in [5.74, 6) is 4.01. The first kappa shape index (κ1) is 66.5. The zero-order valence-corrected chi connectivity index (χ0v) is 50.1. The first-order valence-electron chi connectivity index (χ1n) is 31.7. The minimum absolute atomic E-state index is 0. The molecule has 4 aromatic rings. The van der Waals surface area contributed by atoms with E-state index in [1.54, 1.807) is 24.3 Å². The van der Waals surface area contributed by atoms with E-state index >= 15 is 0 Å². The predicted molar refractivity (Wildman–Crippen MR) is 337 cm³/mol. The van der Waals surface area contributed by atoms with Crippen LogP contribution in [0.5, 0.6) is 46.0 Å². The number of piperidine rings is 5. The number of unbranched alkanes of at least 4 members (excludes halogenated alkanes) is 2. The highest BCUT2D eigenvalue weighted by molar-refractivity contribution is 6.18. The van der Waals surface area contributed by atoms with E-state index in [1.807, 2.05) is 0 Å². The third-order valence-corrected chi connectivity index (χ3v) is 16.9. The lowest BCUT2D eigenvalue weighted by atomic mass is 10.0. The summed E-state index contributed by atoms with van der Waals surface area (Å²) >= 11 is 5.59. The fraction of sp³-hybridized carbons (Fsp3) is 0.647. The second-order valence-corrected chi connectivity index (χ2v) is 23.6. The van der Waals surface area contributed by atoms with Crippen LogP contribution in [0.4, 0.5) is 0 Å². The molecule has 14 heteroatoms. The lowest BCUT2D eigenvalue weighted by molar-refractivity contribution is 0.168. The number of rotatable bonds is 28. The summed E-state index contributed by atoms with van der Waals surface area (Å²) in [6.45, 7) is 20.0. The summed E-state index contributed by atoms with van der Waals surface area (Å²) in [5, 5.41) is 37.2. The molecule has 0 radical (unpaired) electrons. The normalized spacial score (nSPS) is 17.6. The summed E-state index contributed by atoms with van der Waals surface area (Å²) < 4.78 is 25.6. The Morgan fingerprint density at radius 1 is 0.305 bits per heavy atom. The van der Waals surface area contributed by atoms with E-state index in [4.69, 9.17) is 30.5 Å². The molecular formula is C68H106ClN5O8. The van der Waals surface area contributed by atoms with Crippen molar-refractivity contribution in [3.8, 4) is 46.0 Å². The number of aryl methyl sites for hydroxylation is 4. The number of benzene rings is 4. The summed E-state index contributed by atoms with van der Waals surface area (Å²) in [6, 6.07) is 23.0. The minimum atomic E-state index is -0.103. The number of halogens is 1. The van der Waals surface area contributed by atoms with Crippen molar-refractivity contribution in [2.75, 3.05) is 130 Å². The van der Waals surface area contributed by atoms with Crippen LogP contribution >= 0.6 is 11.6 Å². The van der Waals surface area contributed by atoms with Gasteiger partial charge in [0.1, 0.15) is 26.4 Å². The molecule has 5 saturated heterocycles. The summed E-state index contributed by atoms with van der Waals surface area (Å²) in [6.07, 6.45) is 27.9. The number of nitrogens with zero attached hydrogens (tertiary/aromatic N) is 5. The van der Waals surface area contributed by atoms with Crippen LogP contribution in [-0.2, 0) is 25.7 Å². The minimum Gasteiger partial charge on any atom is -0.504 e. The Labute approximate surface area is 499 Å². The monoisotopic (exact) mass is 1160 g/mol. The first-order valence-corrected chi connectivity index (χ1v) is 32.3. The molecule has 5 aliphatic rings. The van der Waals surface area contributed by atoms with Gasteiger partial charge >= 0.3 is 0 Å². The van der Waals surface area contributed by atoms with Gasteiger partial charge in [-0.25, -0.2) is 0 Å². The highest BCUT2D eigenvalue weighted by Crippen LogP contribution is 2.32. The van der Waals surface area contributed by atoms with Gasteiger partial charge in [0.15, 0.2) is 46.0 Å². The van der Waals surface area contributed by atoms with Crippen molar-refractivity contribution in [3.05, 3.63) is 95.1 Å². The van der Waals surface area contributed by atoms with Crippen LogP contribution < -0.4 is 18.9 Å². The van der Waals surface area contributed by atoms with Gasteiger partial charge in [0, 0.05) is 38.6 Å². The summed E-state index contributed by atoms with van der Waals surface area (Å²) in [5.41, 5.74) is 4.62. The first-order chi connectivity index (χ1) is 39.8. The fourth-order valence-electron chi connectivity index (χ4n) is 11.8. The van der Waals surface area contributed by atoms with E-state index < -0.39 is 0 Å². The molecule has 0 bridgehead atoms. The van der Waals surface area contributed by atoms with Gasteiger partial charge in [-0.05, 0) is 252 Å². The van der Waals surface area contributed by atoms with Gasteiger partial charge in [-0.2, -0.15) is 0 Å². The van der Waals surface area contributed by atoms with Gasteiger partial charge in [-0.3, -0.25) is 19.6 Å². The van der Waals surface area contributed by atoms with Crippen LogP contribution in [0.1, 0.15) is 152 Å². The molecular weight excluding hydrogens is 1050 g/mol. The van der Waals surface area contributed by atoms with Crippen molar-refractivity contribution >= 4 is 11.6 Å². The molecule has 5 fully saturated rings. The zero-order valence-electron chi connectivity index (χ0n) is 49.4. The lowest BCUT2D eigenvalue weighted by Gasteiger charge is -2.27. The van der Waals surface area contributed by atoms with Crippen LogP contribution in [0.2, 0.25) is 0 Å². The maximum Gasteiger partial charge on any atom is 0.161 e. The third kappa shape index (κ3) is 25.3. The molecule has 458 valence electrons. The van der Waals surface area contributed by atoms with Crippen LogP contribution in [0.3, 0.4) is 0 Å². The number of ether oxygens (including phenoxy) is 4. The average molecular weight is 1160 g/mol. The Bertz CT molecular complexity index is 2180. The molecule has 5 aliphatic heterocycles. The number of hydrogen-bond donors (Lipinski definition) is 4. The Kier molecular flexibility index (Phi) is 31.7. The molecule has 0 unspecified atom stereocenters. The number of hydrogen-bond acceptors (Lipinski definition) is 13. The lowest BCUT2D eigenvalue weighted by Crippen LogP contribution is -2.33. The van der Waals surface area contributed by atoms with Crippen molar-refractivity contribution < 1.29 is 39.4 Å². The SMILES string of the molecule is C.ClCCN1CCCCC1.Oc1ccc(CCCCc2ccc(O)c(O)c2)cc1O.c1cc(OCCN2CCCCC2)c(OCCN2CCCCC2)cc1CCCCc1ccc(OCCN2CCCCC2)c(OCCN2CCCCC2)c1. The number of phenols is 4. The maximum atomic E-state index is 9.39. The van der Waals surface area contributed by atoms with Crippen molar-refractivity contribution in [1.82, 2.24) is 24.5 Å². The van der Waals surface area contributed by atoms with Gasteiger partial charge in [0.05, 0.1) is 0 Å². The second-order valence-electron chi connectivity index (χ2n) is 23.2. The van der Waals surface area contributed by atoms with Crippen molar-refractivity contribution in [1.29, 1.82) is 0 Å². The summed E-state index contributed by atoms with van der Waals surface area (Å²) in [4.78, 5) is 12.6. The second kappa shape index (κ2) is 39.1. The topological polar surface area (TPSA) is 134 Å². The molecule has 13 nitrogen and oxygen atoms in total. The Morgan fingerprint density at radius 3 is 0.841 bits per heavy atom. The highest BCUT2D eigenvalue weighted by Gasteiger charge is 2.17. The van der Waals surface area contributed by atoms with E-state index in [2.05, 4.69) is 60.9 Å². The highest BCUT2D eigenvalue weighted by atomic mass is 35.5. The molecule has 4 aromatic carbocycles. The van der Waals surface area contributed by atoms with E-state index in [9.17, 15) is 20.4 Å². The van der Waals surface area contributed by atoms with E-state index in [-0.39, 0.29) is 30.4 Å². The van der Waals surface area contributed by atoms with Gasteiger partial charge in [-0.15, -0.1) is 11.6 Å². The molecule has 82 heavy (non-hydrogen) atoms. The van der Waals surface area contributed by atoms with Crippen LogP contribution in [0, 0.1) is 0 Å². The smallest absolute Gasteiger partial charge is 0.161 e. The van der Waals surface area contributed by atoms with Gasteiger partial charge < -0.3 is 44.3 Å².